The van der Waals surface area contributed by atoms with Crippen molar-refractivity contribution < 1.29 is 19.4 Å². The standard InChI is InChI=1S/C20H24N2O4S/c1-25-16-3-4-17(26-2)20-14(16)10-21(11-15(20)23)12-19(24)22-7-5-18-13(9-22)6-8-27-18/h3-4,6,8,15,23H,5,7,9-12H2,1-2H3/t15-/m0/s1. The number of thiophene rings is 1. The van der Waals surface area contributed by atoms with Gasteiger partial charge in [-0.25, -0.2) is 0 Å². The molecule has 0 aliphatic carbocycles. The summed E-state index contributed by atoms with van der Waals surface area (Å²) >= 11 is 1.77. The molecule has 1 aromatic heterocycles. The average molecular weight is 388 g/mol. The topological polar surface area (TPSA) is 62.2 Å². The van der Waals surface area contributed by atoms with Crippen LogP contribution in [0.3, 0.4) is 0 Å². The van der Waals surface area contributed by atoms with E-state index in [1.807, 2.05) is 21.9 Å². The van der Waals surface area contributed by atoms with Gasteiger partial charge in [0.1, 0.15) is 11.5 Å². The Morgan fingerprint density at radius 3 is 2.78 bits per heavy atom. The lowest BCUT2D eigenvalue weighted by Crippen LogP contribution is -2.44. The van der Waals surface area contributed by atoms with E-state index >= 15 is 0 Å². The number of methoxy groups -OCH3 is 2. The summed E-state index contributed by atoms with van der Waals surface area (Å²) in [5, 5.41) is 12.8. The van der Waals surface area contributed by atoms with E-state index in [1.54, 1.807) is 25.6 Å². The minimum atomic E-state index is -0.712. The van der Waals surface area contributed by atoms with Gasteiger partial charge in [-0.2, -0.15) is 0 Å². The Balaban J connectivity index is 1.50. The van der Waals surface area contributed by atoms with Crippen LogP contribution in [-0.4, -0.2) is 54.7 Å². The number of carbonyl (C=O) groups excluding carboxylic acids is 1. The minimum Gasteiger partial charge on any atom is -0.496 e. The zero-order chi connectivity index (χ0) is 19.0. The Labute approximate surface area is 162 Å². The van der Waals surface area contributed by atoms with Gasteiger partial charge in [0.15, 0.2) is 0 Å². The zero-order valence-electron chi connectivity index (χ0n) is 15.6. The number of fused-ring (bicyclic) bond motifs is 2. The number of hydrogen-bond acceptors (Lipinski definition) is 6. The normalized spacial score (nSPS) is 19.4. The molecule has 0 saturated carbocycles. The quantitative estimate of drug-likeness (QED) is 0.870. The lowest BCUT2D eigenvalue weighted by atomic mass is 9.95. The van der Waals surface area contributed by atoms with E-state index in [4.69, 9.17) is 9.47 Å². The fraction of sp³-hybridized carbons (Fsp3) is 0.450. The molecule has 7 heteroatoms. The van der Waals surface area contributed by atoms with Gasteiger partial charge < -0.3 is 19.5 Å². The van der Waals surface area contributed by atoms with Crippen LogP contribution >= 0.6 is 11.3 Å². The summed E-state index contributed by atoms with van der Waals surface area (Å²) < 4.78 is 10.9. The molecule has 1 N–H and O–H groups in total. The lowest BCUT2D eigenvalue weighted by Gasteiger charge is -2.35. The van der Waals surface area contributed by atoms with Crippen LogP contribution in [0.2, 0.25) is 0 Å². The molecule has 1 atom stereocenters. The van der Waals surface area contributed by atoms with Gasteiger partial charge in [0, 0.05) is 42.2 Å². The molecule has 6 nitrogen and oxygen atoms in total. The third-order valence-corrected chi connectivity index (χ3v) is 6.40. The summed E-state index contributed by atoms with van der Waals surface area (Å²) in [6.45, 7) is 2.68. The van der Waals surface area contributed by atoms with Crippen molar-refractivity contribution in [3.63, 3.8) is 0 Å². The highest BCUT2D eigenvalue weighted by Gasteiger charge is 2.31. The van der Waals surface area contributed by atoms with Crippen molar-refractivity contribution in [3.05, 3.63) is 45.1 Å². The molecular weight excluding hydrogens is 364 g/mol. The van der Waals surface area contributed by atoms with E-state index in [1.165, 1.54) is 10.4 Å². The van der Waals surface area contributed by atoms with Gasteiger partial charge in [-0.05, 0) is 35.6 Å². The monoisotopic (exact) mass is 388 g/mol. The highest BCUT2D eigenvalue weighted by molar-refractivity contribution is 7.10. The molecule has 0 saturated heterocycles. The van der Waals surface area contributed by atoms with Gasteiger partial charge in [0.05, 0.1) is 26.9 Å². The molecule has 0 bridgehead atoms. The highest BCUT2D eigenvalue weighted by Crippen LogP contribution is 2.39. The average Bonchev–Trinajstić information content (AvgIpc) is 3.14. The summed E-state index contributed by atoms with van der Waals surface area (Å²) in [4.78, 5) is 18.1. The molecule has 4 rings (SSSR count). The second-order valence-electron chi connectivity index (χ2n) is 6.98. The summed E-state index contributed by atoms with van der Waals surface area (Å²) in [5.74, 6) is 1.47. The van der Waals surface area contributed by atoms with Crippen LogP contribution < -0.4 is 9.47 Å². The number of nitrogens with zero attached hydrogens (tertiary/aromatic N) is 2. The van der Waals surface area contributed by atoms with E-state index in [-0.39, 0.29) is 12.5 Å². The lowest BCUT2D eigenvalue weighted by molar-refractivity contribution is -0.134. The number of aliphatic hydroxyl groups excluding tert-OH is 1. The number of ether oxygens (including phenoxy) is 2. The Bertz CT molecular complexity index is 851. The van der Waals surface area contributed by atoms with Gasteiger partial charge in [0.2, 0.25) is 5.91 Å². The maximum absolute atomic E-state index is 12.8. The van der Waals surface area contributed by atoms with Gasteiger partial charge in [-0.1, -0.05) is 0 Å². The molecule has 0 unspecified atom stereocenters. The van der Waals surface area contributed by atoms with Crippen molar-refractivity contribution >= 4 is 17.2 Å². The molecule has 3 heterocycles. The molecule has 2 aliphatic rings. The molecule has 0 spiro atoms. The molecule has 144 valence electrons. The number of rotatable bonds is 4. The summed E-state index contributed by atoms with van der Waals surface area (Å²) in [6.07, 6.45) is 0.214. The Hall–Kier alpha value is -2.09. The molecule has 27 heavy (non-hydrogen) atoms. The summed E-state index contributed by atoms with van der Waals surface area (Å²) in [6, 6.07) is 5.77. The molecule has 1 aromatic carbocycles. The maximum Gasteiger partial charge on any atom is 0.237 e. The molecule has 0 radical (unpaired) electrons. The highest BCUT2D eigenvalue weighted by atomic mass is 32.1. The van der Waals surface area contributed by atoms with Crippen molar-refractivity contribution in [1.29, 1.82) is 0 Å². The van der Waals surface area contributed by atoms with Gasteiger partial charge in [0.25, 0.3) is 0 Å². The SMILES string of the molecule is COc1ccc(OC)c2c1CN(CC(=O)N1CCc3sccc3C1)C[C@@H]2O. The molecule has 2 aliphatic heterocycles. The van der Waals surface area contributed by atoms with Crippen LogP contribution in [-0.2, 0) is 24.3 Å². The molecule has 2 aromatic rings. The van der Waals surface area contributed by atoms with E-state index < -0.39 is 6.10 Å². The molecule has 1 amide bonds. The number of β-amino-alcohol motifs (C(OH)–C–C–N with tert-alkyl or cyclic N) is 1. The van der Waals surface area contributed by atoms with Crippen LogP contribution in [0.4, 0.5) is 0 Å². The first-order valence-corrected chi connectivity index (χ1v) is 9.96. The number of carbonyl (C=O) groups is 1. The summed E-state index contributed by atoms with van der Waals surface area (Å²) in [5.41, 5.74) is 2.92. The maximum atomic E-state index is 12.8. The molecule has 0 fully saturated rings. The van der Waals surface area contributed by atoms with Crippen LogP contribution in [0.1, 0.15) is 27.7 Å². The Kier molecular flexibility index (Phi) is 5.08. The zero-order valence-corrected chi connectivity index (χ0v) is 16.4. The number of amides is 1. The second kappa shape index (κ2) is 7.50. The number of benzene rings is 1. The Morgan fingerprint density at radius 2 is 2.00 bits per heavy atom. The van der Waals surface area contributed by atoms with Crippen LogP contribution in [0, 0.1) is 0 Å². The van der Waals surface area contributed by atoms with E-state index in [9.17, 15) is 9.90 Å². The van der Waals surface area contributed by atoms with Crippen molar-refractivity contribution in [2.24, 2.45) is 0 Å². The summed E-state index contributed by atoms with van der Waals surface area (Å²) in [7, 11) is 3.21. The van der Waals surface area contributed by atoms with Crippen molar-refractivity contribution in [1.82, 2.24) is 9.80 Å². The van der Waals surface area contributed by atoms with Gasteiger partial charge in [-0.3, -0.25) is 9.69 Å². The van der Waals surface area contributed by atoms with Gasteiger partial charge >= 0.3 is 0 Å². The van der Waals surface area contributed by atoms with Crippen LogP contribution in [0.5, 0.6) is 11.5 Å². The van der Waals surface area contributed by atoms with Crippen molar-refractivity contribution in [2.75, 3.05) is 33.9 Å². The third-order valence-electron chi connectivity index (χ3n) is 5.38. The third kappa shape index (κ3) is 3.42. The van der Waals surface area contributed by atoms with Crippen LogP contribution in [0.25, 0.3) is 0 Å². The minimum absolute atomic E-state index is 0.101. The van der Waals surface area contributed by atoms with E-state index in [0.717, 1.165) is 24.1 Å². The fourth-order valence-electron chi connectivity index (χ4n) is 4.02. The van der Waals surface area contributed by atoms with Crippen molar-refractivity contribution in [3.8, 4) is 11.5 Å². The second-order valence-corrected chi connectivity index (χ2v) is 7.98. The largest absolute Gasteiger partial charge is 0.496 e. The van der Waals surface area contributed by atoms with E-state index in [2.05, 4.69) is 11.4 Å². The first-order valence-electron chi connectivity index (χ1n) is 9.08. The van der Waals surface area contributed by atoms with Crippen molar-refractivity contribution in [2.45, 2.75) is 25.6 Å². The number of aliphatic hydroxyl groups is 1. The van der Waals surface area contributed by atoms with Gasteiger partial charge in [-0.15, -0.1) is 11.3 Å². The first kappa shape index (κ1) is 18.3. The smallest absolute Gasteiger partial charge is 0.237 e. The fourth-order valence-corrected chi connectivity index (χ4v) is 4.91. The molecular formula is C20H24N2O4S. The predicted octanol–water partition coefficient (Wildman–Crippen LogP) is 2.20. The van der Waals surface area contributed by atoms with E-state index in [0.29, 0.717) is 31.1 Å². The Morgan fingerprint density at radius 1 is 1.22 bits per heavy atom. The predicted molar refractivity (Wildman–Crippen MR) is 103 cm³/mol. The van der Waals surface area contributed by atoms with Crippen LogP contribution in [0.15, 0.2) is 23.6 Å². The first-order chi connectivity index (χ1) is 13.1. The number of hydrogen-bond donors (Lipinski definition) is 1.